The molecule has 2 aliphatic heterocycles. The smallest absolute Gasteiger partial charge is 0.310 e. The zero-order valence-electron chi connectivity index (χ0n) is 30.2. The molecular formula is C37H52ClN7O6. The predicted octanol–water partition coefficient (Wildman–Crippen LogP) is 2.68. The van der Waals surface area contributed by atoms with Crippen molar-refractivity contribution in [1.82, 2.24) is 25.4 Å². The van der Waals surface area contributed by atoms with E-state index in [4.69, 9.17) is 32.8 Å². The second kappa shape index (κ2) is 17.0. The second-order valence-electron chi connectivity index (χ2n) is 14.2. The number of likely N-dealkylation sites (tertiary alicyclic amines) is 2. The van der Waals surface area contributed by atoms with E-state index < -0.39 is 40.4 Å². The van der Waals surface area contributed by atoms with Crippen LogP contribution in [0.3, 0.4) is 0 Å². The molecule has 0 bridgehead atoms. The number of carbonyl (C=O) groups excluding carboxylic acids is 5. The highest BCUT2D eigenvalue weighted by molar-refractivity contribution is 6.23. The number of nitrogens with two attached hydrogens (primary N) is 2. The number of aromatic nitrogens is 1. The minimum atomic E-state index is -1.68. The molecule has 51 heavy (non-hydrogen) atoms. The molecule has 3 unspecified atom stereocenters. The zero-order chi connectivity index (χ0) is 37.5. The highest BCUT2D eigenvalue weighted by Gasteiger charge is 2.42. The lowest BCUT2D eigenvalue weighted by Crippen LogP contribution is -2.58. The molecule has 1 aromatic heterocycles. The number of nitrogens with one attached hydrogen (secondary N) is 2. The first-order valence-corrected chi connectivity index (χ1v) is 18.1. The number of piperidine rings is 2. The SMILES string of the molecule is CCc1ccc2ccc(/C=C/C3(C(=O)NC(C(=O)NC(C)C(=O)N4CCCC(C(=O)OCC(N)(N)Cl)C4)C(C)C)CCN(C(C)=O)CC3)cc2n1. The highest BCUT2D eigenvalue weighted by atomic mass is 35.5. The molecule has 0 saturated carbocycles. The Morgan fingerprint density at radius 1 is 1.06 bits per heavy atom. The average Bonchev–Trinajstić information content (AvgIpc) is 3.10. The molecule has 3 atom stereocenters. The van der Waals surface area contributed by atoms with E-state index in [-0.39, 0.29) is 36.8 Å². The number of rotatable bonds is 12. The van der Waals surface area contributed by atoms with Gasteiger partial charge in [-0.2, -0.15) is 0 Å². The Labute approximate surface area is 304 Å². The fourth-order valence-electron chi connectivity index (χ4n) is 6.55. The van der Waals surface area contributed by atoms with Crippen LogP contribution in [0.1, 0.15) is 71.6 Å². The third kappa shape index (κ3) is 10.5. The molecule has 6 N–H and O–H groups in total. The van der Waals surface area contributed by atoms with Gasteiger partial charge in [0.25, 0.3) is 0 Å². The minimum Gasteiger partial charge on any atom is -0.461 e. The van der Waals surface area contributed by atoms with Crippen molar-refractivity contribution in [3.05, 3.63) is 47.7 Å². The summed E-state index contributed by atoms with van der Waals surface area (Å²) in [5, 5.41) is 5.11. The molecule has 278 valence electrons. The summed E-state index contributed by atoms with van der Waals surface area (Å²) in [5.74, 6) is -2.66. The lowest BCUT2D eigenvalue weighted by Gasteiger charge is -2.39. The monoisotopic (exact) mass is 725 g/mol. The van der Waals surface area contributed by atoms with Crippen LogP contribution < -0.4 is 22.1 Å². The summed E-state index contributed by atoms with van der Waals surface area (Å²) in [5.41, 5.74) is 12.7. The molecular weight excluding hydrogens is 674 g/mol. The van der Waals surface area contributed by atoms with E-state index in [1.165, 1.54) is 11.8 Å². The molecule has 4 amide bonds. The number of nitrogens with zero attached hydrogens (tertiary/aromatic N) is 3. The van der Waals surface area contributed by atoms with Gasteiger partial charge in [-0.25, -0.2) is 0 Å². The van der Waals surface area contributed by atoms with Crippen LogP contribution >= 0.6 is 11.6 Å². The van der Waals surface area contributed by atoms with Gasteiger partial charge in [0.1, 0.15) is 18.7 Å². The van der Waals surface area contributed by atoms with Crippen LogP contribution in [0.4, 0.5) is 0 Å². The highest BCUT2D eigenvalue weighted by Crippen LogP contribution is 2.35. The predicted molar refractivity (Wildman–Crippen MR) is 196 cm³/mol. The van der Waals surface area contributed by atoms with E-state index in [1.807, 2.05) is 56.3 Å². The van der Waals surface area contributed by atoms with E-state index in [0.717, 1.165) is 28.6 Å². The summed E-state index contributed by atoms with van der Waals surface area (Å²) >= 11 is 5.73. The minimum absolute atomic E-state index is 0.0567. The molecule has 2 aromatic rings. The number of ether oxygens (including phenoxy) is 1. The summed E-state index contributed by atoms with van der Waals surface area (Å²) in [6.45, 7) is 9.74. The molecule has 14 heteroatoms. The molecule has 3 heterocycles. The van der Waals surface area contributed by atoms with E-state index in [1.54, 1.807) is 11.8 Å². The zero-order valence-corrected chi connectivity index (χ0v) is 31.0. The van der Waals surface area contributed by atoms with Gasteiger partial charge >= 0.3 is 5.97 Å². The van der Waals surface area contributed by atoms with E-state index in [9.17, 15) is 24.0 Å². The van der Waals surface area contributed by atoms with Gasteiger partial charge in [-0.1, -0.05) is 62.7 Å². The maximum atomic E-state index is 14.2. The van der Waals surface area contributed by atoms with Gasteiger partial charge in [-0.3, -0.25) is 40.4 Å². The number of amides is 4. The largest absolute Gasteiger partial charge is 0.461 e. The van der Waals surface area contributed by atoms with E-state index >= 15 is 0 Å². The Bertz CT molecular complexity index is 1630. The van der Waals surface area contributed by atoms with Crippen molar-refractivity contribution < 1.29 is 28.7 Å². The van der Waals surface area contributed by atoms with Crippen LogP contribution in [0.25, 0.3) is 17.0 Å². The lowest BCUT2D eigenvalue weighted by atomic mass is 9.76. The van der Waals surface area contributed by atoms with Crippen LogP contribution in [0.2, 0.25) is 0 Å². The number of alkyl halides is 1. The fraction of sp³-hybridized carbons (Fsp3) is 0.568. The van der Waals surface area contributed by atoms with Crippen molar-refractivity contribution in [3.8, 4) is 0 Å². The summed E-state index contributed by atoms with van der Waals surface area (Å²) in [6.07, 6.45) is 6.46. The third-order valence-electron chi connectivity index (χ3n) is 9.75. The van der Waals surface area contributed by atoms with E-state index in [0.29, 0.717) is 45.3 Å². The summed E-state index contributed by atoms with van der Waals surface area (Å²) in [6, 6.07) is 8.16. The van der Waals surface area contributed by atoms with Crippen LogP contribution in [-0.4, -0.2) is 94.4 Å². The summed E-state index contributed by atoms with van der Waals surface area (Å²) < 4.78 is 5.14. The van der Waals surface area contributed by atoms with Gasteiger partial charge < -0.3 is 25.2 Å². The molecule has 4 rings (SSSR count). The Hall–Kier alpha value is -4.07. The standard InChI is InChI=1S/C37H52ClN7O6/c1-6-29-12-11-27-10-9-26(20-30(27)42-29)13-14-36(15-18-44(19-16-36)25(5)46)35(50)43-31(23(2)3)32(47)41-24(4)33(48)45-17-7-8-28(21-45)34(49)51-22-37(38,39)40/h9-14,20,23-24,28,31H,6-8,15-19,21-22,39-40H2,1-5H3,(H,41,47)(H,43,50)/b14-13+. The molecule has 2 aliphatic rings. The van der Waals surface area contributed by atoms with Crippen LogP contribution in [-0.2, 0) is 35.1 Å². The third-order valence-corrected chi connectivity index (χ3v) is 9.86. The molecule has 0 radical (unpaired) electrons. The van der Waals surface area contributed by atoms with Crippen molar-refractivity contribution in [1.29, 1.82) is 0 Å². The van der Waals surface area contributed by atoms with Gasteiger partial charge in [-0.15, -0.1) is 0 Å². The first-order chi connectivity index (χ1) is 24.0. The van der Waals surface area contributed by atoms with Crippen molar-refractivity contribution in [2.75, 3.05) is 32.8 Å². The number of fused-ring (bicyclic) bond motifs is 1. The Balaban J connectivity index is 1.46. The maximum Gasteiger partial charge on any atom is 0.310 e. The number of hydrogen-bond acceptors (Lipinski definition) is 9. The Kier molecular flexibility index (Phi) is 13.2. The number of pyridine rings is 1. The number of aryl methyl sites for hydroxylation is 1. The molecule has 13 nitrogen and oxygen atoms in total. The van der Waals surface area contributed by atoms with Gasteiger partial charge in [0.15, 0.2) is 5.12 Å². The first kappa shape index (κ1) is 39.7. The second-order valence-corrected chi connectivity index (χ2v) is 14.9. The number of benzene rings is 1. The van der Waals surface area contributed by atoms with Crippen molar-refractivity contribution in [3.63, 3.8) is 0 Å². The van der Waals surface area contributed by atoms with Gasteiger partial charge in [0.05, 0.1) is 16.8 Å². The van der Waals surface area contributed by atoms with Gasteiger partial charge in [0.2, 0.25) is 23.6 Å². The summed E-state index contributed by atoms with van der Waals surface area (Å²) in [4.78, 5) is 74.0. The number of esters is 1. The number of carbonyl (C=O) groups is 5. The number of halogens is 1. The van der Waals surface area contributed by atoms with Crippen LogP contribution in [0, 0.1) is 17.3 Å². The van der Waals surface area contributed by atoms with Crippen LogP contribution in [0.15, 0.2) is 36.4 Å². The van der Waals surface area contributed by atoms with E-state index in [2.05, 4.69) is 17.6 Å². The summed E-state index contributed by atoms with van der Waals surface area (Å²) in [7, 11) is 0. The number of hydrogen-bond donors (Lipinski definition) is 4. The molecule has 2 fully saturated rings. The van der Waals surface area contributed by atoms with Crippen LogP contribution in [0.5, 0.6) is 0 Å². The first-order valence-electron chi connectivity index (χ1n) is 17.7. The van der Waals surface area contributed by atoms with Crippen molar-refractivity contribution in [2.24, 2.45) is 28.7 Å². The Morgan fingerprint density at radius 3 is 2.37 bits per heavy atom. The Morgan fingerprint density at radius 2 is 1.75 bits per heavy atom. The molecule has 0 aliphatic carbocycles. The lowest BCUT2D eigenvalue weighted by molar-refractivity contribution is -0.153. The fourth-order valence-corrected chi connectivity index (χ4v) is 6.61. The maximum absolute atomic E-state index is 14.2. The topological polar surface area (TPSA) is 190 Å². The van der Waals surface area contributed by atoms with Gasteiger partial charge in [0, 0.05) is 44.2 Å². The normalized spacial score (nSPS) is 19.1. The van der Waals surface area contributed by atoms with Crippen molar-refractivity contribution >= 4 is 58.2 Å². The molecule has 2 saturated heterocycles. The van der Waals surface area contributed by atoms with Crippen molar-refractivity contribution in [2.45, 2.75) is 83.9 Å². The average molecular weight is 726 g/mol. The molecule has 1 aromatic carbocycles. The van der Waals surface area contributed by atoms with Gasteiger partial charge in [-0.05, 0) is 62.6 Å². The quantitative estimate of drug-likeness (QED) is 0.110. The molecule has 0 spiro atoms.